The maximum Gasteiger partial charge on any atom is 0.00728 e. The Bertz CT molecular complexity index is 234. The van der Waals surface area contributed by atoms with Crippen LogP contribution in [0, 0.1) is 17.8 Å². The van der Waals surface area contributed by atoms with Gasteiger partial charge in [-0.05, 0) is 50.5 Å². The van der Waals surface area contributed by atoms with E-state index in [4.69, 9.17) is 0 Å². The minimum Gasteiger partial charge on any atom is -0.314 e. The summed E-state index contributed by atoms with van der Waals surface area (Å²) >= 11 is 0. The molecule has 1 nitrogen and oxygen atoms in total. The van der Waals surface area contributed by atoms with Crippen molar-refractivity contribution in [2.75, 3.05) is 6.54 Å². The fourth-order valence-electron chi connectivity index (χ4n) is 3.43. The molecular weight excluding hydrogens is 194 g/mol. The number of allylic oxidation sites excluding steroid dienone is 2. The van der Waals surface area contributed by atoms with Crippen LogP contribution in [0.25, 0.3) is 0 Å². The summed E-state index contributed by atoms with van der Waals surface area (Å²) < 4.78 is 0. The molecule has 0 radical (unpaired) electrons. The van der Waals surface area contributed by atoms with Crippen molar-refractivity contribution in [3.05, 3.63) is 12.2 Å². The van der Waals surface area contributed by atoms with Gasteiger partial charge in [0, 0.05) is 6.04 Å². The van der Waals surface area contributed by atoms with Crippen LogP contribution in [0.15, 0.2) is 12.2 Å². The van der Waals surface area contributed by atoms with Crippen molar-refractivity contribution >= 4 is 0 Å². The van der Waals surface area contributed by atoms with E-state index >= 15 is 0 Å². The highest BCUT2D eigenvalue weighted by Gasteiger charge is 2.38. The average molecular weight is 221 g/mol. The molecule has 1 N–H and O–H groups in total. The summed E-state index contributed by atoms with van der Waals surface area (Å²) in [4.78, 5) is 0. The molecule has 0 heterocycles. The molecular formula is C15H27N. The first-order valence-electron chi connectivity index (χ1n) is 7.23. The van der Waals surface area contributed by atoms with Gasteiger partial charge >= 0.3 is 0 Å². The lowest BCUT2D eigenvalue weighted by molar-refractivity contribution is 0.326. The number of unbranched alkanes of at least 4 members (excludes halogenated alkanes) is 3. The van der Waals surface area contributed by atoms with Crippen LogP contribution in [0.3, 0.4) is 0 Å². The Balaban J connectivity index is 1.61. The zero-order valence-corrected chi connectivity index (χ0v) is 10.9. The Hall–Kier alpha value is -0.300. The lowest BCUT2D eigenvalue weighted by atomic mass is 9.87. The lowest BCUT2D eigenvalue weighted by Crippen LogP contribution is -2.36. The molecule has 4 unspecified atom stereocenters. The van der Waals surface area contributed by atoms with E-state index < -0.39 is 0 Å². The van der Waals surface area contributed by atoms with Crippen LogP contribution in [-0.2, 0) is 0 Å². The van der Waals surface area contributed by atoms with Crippen LogP contribution >= 0.6 is 0 Å². The summed E-state index contributed by atoms with van der Waals surface area (Å²) in [5.41, 5.74) is 0. The standard InChI is InChI=1S/C15H27N/c1-3-4-5-6-9-16-12(2)15-11-13-7-8-14(15)10-13/h7-8,12-16H,3-6,9-11H2,1-2H3. The summed E-state index contributed by atoms with van der Waals surface area (Å²) in [7, 11) is 0. The van der Waals surface area contributed by atoms with Crippen molar-refractivity contribution in [3.63, 3.8) is 0 Å². The fraction of sp³-hybridized carbons (Fsp3) is 0.867. The number of nitrogens with one attached hydrogen (secondary N) is 1. The summed E-state index contributed by atoms with van der Waals surface area (Å²) in [5, 5.41) is 3.73. The summed E-state index contributed by atoms with van der Waals surface area (Å²) in [6.45, 7) is 5.88. The van der Waals surface area contributed by atoms with Crippen LogP contribution in [0.1, 0.15) is 52.4 Å². The molecule has 2 bridgehead atoms. The third-order valence-corrected chi connectivity index (χ3v) is 4.47. The molecule has 2 aliphatic rings. The topological polar surface area (TPSA) is 12.0 Å². The average Bonchev–Trinajstić information content (AvgIpc) is 2.90. The van der Waals surface area contributed by atoms with Gasteiger partial charge in [-0.1, -0.05) is 38.3 Å². The van der Waals surface area contributed by atoms with Gasteiger partial charge in [0.25, 0.3) is 0 Å². The Kier molecular flexibility index (Phi) is 4.45. The second-order valence-electron chi connectivity index (χ2n) is 5.75. The van der Waals surface area contributed by atoms with Crippen molar-refractivity contribution in [2.45, 2.75) is 58.4 Å². The second kappa shape index (κ2) is 5.86. The largest absolute Gasteiger partial charge is 0.314 e. The number of hydrogen-bond donors (Lipinski definition) is 1. The van der Waals surface area contributed by atoms with E-state index in [1.807, 2.05) is 0 Å². The molecule has 0 aromatic heterocycles. The Morgan fingerprint density at radius 3 is 2.69 bits per heavy atom. The maximum absolute atomic E-state index is 3.73. The van der Waals surface area contributed by atoms with Crippen molar-refractivity contribution in [1.82, 2.24) is 5.32 Å². The first-order valence-corrected chi connectivity index (χ1v) is 7.23. The van der Waals surface area contributed by atoms with Gasteiger partial charge in [0.1, 0.15) is 0 Å². The summed E-state index contributed by atoms with van der Waals surface area (Å²) in [5.74, 6) is 2.73. The molecule has 0 amide bonds. The van der Waals surface area contributed by atoms with E-state index in [0.717, 1.165) is 23.8 Å². The second-order valence-corrected chi connectivity index (χ2v) is 5.75. The maximum atomic E-state index is 3.73. The predicted octanol–water partition coefficient (Wildman–Crippen LogP) is 3.76. The highest BCUT2D eigenvalue weighted by molar-refractivity contribution is 5.11. The molecule has 1 saturated carbocycles. The van der Waals surface area contributed by atoms with E-state index in [-0.39, 0.29) is 0 Å². The molecule has 92 valence electrons. The molecule has 0 saturated heterocycles. The van der Waals surface area contributed by atoms with Crippen LogP contribution in [0.2, 0.25) is 0 Å². The van der Waals surface area contributed by atoms with E-state index in [0.29, 0.717) is 0 Å². The van der Waals surface area contributed by atoms with E-state index in [1.54, 1.807) is 0 Å². The van der Waals surface area contributed by atoms with Crippen LogP contribution in [-0.4, -0.2) is 12.6 Å². The minimum absolute atomic E-state index is 0.724. The Labute approximate surface area is 101 Å². The molecule has 0 aromatic carbocycles. The van der Waals surface area contributed by atoms with Crippen molar-refractivity contribution in [1.29, 1.82) is 0 Å². The molecule has 2 rings (SSSR count). The molecule has 0 aliphatic heterocycles. The Morgan fingerprint density at radius 2 is 2.06 bits per heavy atom. The molecule has 1 fully saturated rings. The number of hydrogen-bond acceptors (Lipinski definition) is 1. The monoisotopic (exact) mass is 221 g/mol. The molecule has 2 aliphatic carbocycles. The fourth-order valence-corrected chi connectivity index (χ4v) is 3.43. The third kappa shape index (κ3) is 2.88. The molecule has 1 heteroatoms. The van der Waals surface area contributed by atoms with Gasteiger partial charge in [-0.3, -0.25) is 0 Å². The Morgan fingerprint density at radius 1 is 1.19 bits per heavy atom. The van der Waals surface area contributed by atoms with Gasteiger partial charge < -0.3 is 5.32 Å². The summed E-state index contributed by atoms with van der Waals surface area (Å²) in [6, 6.07) is 0.724. The van der Waals surface area contributed by atoms with Crippen LogP contribution in [0.4, 0.5) is 0 Å². The van der Waals surface area contributed by atoms with Crippen molar-refractivity contribution in [2.24, 2.45) is 17.8 Å². The molecule has 0 spiro atoms. The van der Waals surface area contributed by atoms with E-state index in [1.165, 1.54) is 45.1 Å². The van der Waals surface area contributed by atoms with Gasteiger partial charge in [0.2, 0.25) is 0 Å². The zero-order chi connectivity index (χ0) is 11.4. The SMILES string of the molecule is CCCCCCNC(C)C1CC2C=CC1C2. The zero-order valence-electron chi connectivity index (χ0n) is 10.9. The normalized spacial score (nSPS) is 33.5. The van der Waals surface area contributed by atoms with Gasteiger partial charge in [-0.25, -0.2) is 0 Å². The first-order chi connectivity index (χ1) is 7.81. The molecule has 16 heavy (non-hydrogen) atoms. The minimum atomic E-state index is 0.724. The highest BCUT2D eigenvalue weighted by atomic mass is 14.9. The van der Waals surface area contributed by atoms with Gasteiger partial charge in [0.15, 0.2) is 0 Å². The van der Waals surface area contributed by atoms with Gasteiger partial charge in [0.05, 0.1) is 0 Å². The van der Waals surface area contributed by atoms with Crippen molar-refractivity contribution in [3.8, 4) is 0 Å². The van der Waals surface area contributed by atoms with Gasteiger partial charge in [-0.15, -0.1) is 0 Å². The number of rotatable bonds is 7. The smallest absolute Gasteiger partial charge is 0.00728 e. The van der Waals surface area contributed by atoms with Crippen LogP contribution in [0.5, 0.6) is 0 Å². The molecule has 4 atom stereocenters. The lowest BCUT2D eigenvalue weighted by Gasteiger charge is -2.26. The van der Waals surface area contributed by atoms with E-state index in [2.05, 4.69) is 31.3 Å². The van der Waals surface area contributed by atoms with Crippen LogP contribution < -0.4 is 5.32 Å². The van der Waals surface area contributed by atoms with Crippen molar-refractivity contribution < 1.29 is 0 Å². The van der Waals surface area contributed by atoms with E-state index in [9.17, 15) is 0 Å². The first kappa shape index (κ1) is 12.2. The highest BCUT2D eigenvalue weighted by Crippen LogP contribution is 2.44. The molecule has 0 aromatic rings. The quantitative estimate of drug-likeness (QED) is 0.510. The van der Waals surface area contributed by atoms with Gasteiger partial charge in [-0.2, -0.15) is 0 Å². The number of fused-ring (bicyclic) bond motifs is 2. The summed E-state index contributed by atoms with van der Waals surface area (Å²) in [6.07, 6.45) is 13.3. The third-order valence-electron chi connectivity index (χ3n) is 4.47. The predicted molar refractivity (Wildman–Crippen MR) is 70.5 cm³/mol.